The Morgan fingerprint density at radius 1 is 1.32 bits per heavy atom. The quantitative estimate of drug-likeness (QED) is 0.788. The van der Waals surface area contributed by atoms with Crippen LogP contribution in [0.4, 0.5) is 8.78 Å². The molecule has 0 spiro atoms. The second-order valence-corrected chi connectivity index (χ2v) is 4.53. The number of hydrogen-bond donors (Lipinski definition) is 1. The first kappa shape index (κ1) is 14.1. The largest absolute Gasteiger partial charge is 0.490 e. The molecule has 106 valence electrons. The van der Waals surface area contributed by atoms with Crippen molar-refractivity contribution in [2.45, 2.75) is 38.8 Å². The first-order valence-corrected chi connectivity index (χ1v) is 6.59. The third-order valence-corrected chi connectivity index (χ3v) is 2.87. The first-order chi connectivity index (χ1) is 9.20. The molecule has 0 aliphatic heterocycles. The summed E-state index contributed by atoms with van der Waals surface area (Å²) in [6.07, 6.45) is -0.129. The maximum atomic E-state index is 12.3. The molecule has 1 fully saturated rings. The molecule has 0 radical (unpaired) electrons. The van der Waals surface area contributed by atoms with Gasteiger partial charge in [0, 0.05) is 18.2 Å². The Bertz CT molecular complexity index is 408. The fourth-order valence-electron chi connectivity index (χ4n) is 1.82. The van der Waals surface area contributed by atoms with Gasteiger partial charge in [-0.1, -0.05) is 12.1 Å². The number of nitrogens with one attached hydrogen (secondary N) is 1. The van der Waals surface area contributed by atoms with E-state index in [-0.39, 0.29) is 0 Å². The number of hydrogen-bond acceptors (Lipinski definition) is 3. The predicted octanol–water partition coefficient (Wildman–Crippen LogP) is 2.98. The van der Waals surface area contributed by atoms with E-state index in [1.807, 2.05) is 19.1 Å². The van der Waals surface area contributed by atoms with Crippen molar-refractivity contribution in [1.29, 1.82) is 0 Å². The van der Waals surface area contributed by atoms with Crippen LogP contribution in [0.15, 0.2) is 18.2 Å². The lowest BCUT2D eigenvalue weighted by Gasteiger charge is -2.16. The number of ether oxygens (including phenoxy) is 2. The Morgan fingerprint density at radius 3 is 2.74 bits per heavy atom. The lowest BCUT2D eigenvalue weighted by Crippen LogP contribution is -2.17. The van der Waals surface area contributed by atoms with Crippen molar-refractivity contribution in [1.82, 2.24) is 5.32 Å². The van der Waals surface area contributed by atoms with Crippen molar-refractivity contribution < 1.29 is 18.3 Å². The molecule has 1 aliphatic carbocycles. The van der Waals surface area contributed by atoms with E-state index in [9.17, 15) is 8.78 Å². The van der Waals surface area contributed by atoms with Gasteiger partial charge in [-0.3, -0.25) is 0 Å². The predicted molar refractivity (Wildman–Crippen MR) is 69.0 cm³/mol. The van der Waals surface area contributed by atoms with Crippen LogP contribution in [0.2, 0.25) is 0 Å². The Hall–Kier alpha value is -1.36. The topological polar surface area (TPSA) is 30.5 Å². The zero-order valence-electron chi connectivity index (χ0n) is 11.0. The van der Waals surface area contributed by atoms with E-state index in [2.05, 4.69) is 5.32 Å². The molecule has 0 bridgehead atoms. The van der Waals surface area contributed by atoms with Gasteiger partial charge < -0.3 is 14.8 Å². The molecule has 0 saturated heterocycles. The molecule has 0 heterocycles. The fraction of sp³-hybridized carbons (Fsp3) is 0.571. The number of alkyl halides is 2. The monoisotopic (exact) mass is 271 g/mol. The summed E-state index contributed by atoms with van der Waals surface area (Å²) in [5.74, 6) is 0.955. The van der Waals surface area contributed by atoms with E-state index >= 15 is 0 Å². The van der Waals surface area contributed by atoms with Crippen molar-refractivity contribution in [3.05, 3.63) is 23.8 Å². The number of benzene rings is 1. The lowest BCUT2D eigenvalue weighted by atomic mass is 10.2. The second kappa shape index (κ2) is 6.70. The van der Waals surface area contributed by atoms with Gasteiger partial charge >= 0.3 is 0 Å². The van der Waals surface area contributed by atoms with Gasteiger partial charge in [-0.05, 0) is 25.8 Å². The van der Waals surface area contributed by atoms with Gasteiger partial charge in [0.05, 0.1) is 6.61 Å². The van der Waals surface area contributed by atoms with Crippen LogP contribution in [0.25, 0.3) is 0 Å². The molecule has 0 atom stereocenters. The third-order valence-electron chi connectivity index (χ3n) is 2.87. The molecule has 19 heavy (non-hydrogen) atoms. The number of rotatable bonds is 8. The highest BCUT2D eigenvalue weighted by Crippen LogP contribution is 2.32. The Morgan fingerprint density at radius 2 is 2.11 bits per heavy atom. The van der Waals surface area contributed by atoms with Crippen LogP contribution in [0.5, 0.6) is 11.5 Å². The lowest BCUT2D eigenvalue weighted by molar-refractivity contribution is 0.0795. The average molecular weight is 271 g/mol. The van der Waals surface area contributed by atoms with Gasteiger partial charge in [-0.25, -0.2) is 8.78 Å². The smallest absolute Gasteiger partial charge is 0.272 e. The van der Waals surface area contributed by atoms with Gasteiger partial charge in [0.15, 0.2) is 11.5 Å². The third kappa shape index (κ3) is 4.35. The zero-order chi connectivity index (χ0) is 13.7. The summed E-state index contributed by atoms with van der Waals surface area (Å²) in [6, 6.07) is 6.02. The van der Waals surface area contributed by atoms with Gasteiger partial charge in [0.25, 0.3) is 6.43 Å². The van der Waals surface area contributed by atoms with Crippen LogP contribution < -0.4 is 14.8 Å². The summed E-state index contributed by atoms with van der Waals surface area (Å²) in [6.45, 7) is 2.33. The molecule has 0 amide bonds. The van der Waals surface area contributed by atoms with E-state index in [0.717, 1.165) is 5.56 Å². The van der Waals surface area contributed by atoms with Gasteiger partial charge in [-0.2, -0.15) is 0 Å². The maximum Gasteiger partial charge on any atom is 0.272 e. The molecule has 1 saturated carbocycles. The summed E-state index contributed by atoms with van der Waals surface area (Å²) < 4.78 is 35.3. The summed E-state index contributed by atoms with van der Waals surface area (Å²) >= 11 is 0. The minimum Gasteiger partial charge on any atom is -0.490 e. The minimum absolute atomic E-state index is 0.429. The fourth-order valence-corrected chi connectivity index (χ4v) is 1.82. The SMILES string of the molecule is CCOc1cccc(CNC2CC2)c1OCC(F)F. The average Bonchev–Trinajstić information content (AvgIpc) is 3.19. The molecule has 3 nitrogen and oxygen atoms in total. The summed E-state index contributed by atoms with van der Waals surface area (Å²) in [7, 11) is 0. The van der Waals surface area contributed by atoms with Crippen molar-refractivity contribution in [2.75, 3.05) is 13.2 Å². The molecular formula is C14H19F2NO2. The second-order valence-electron chi connectivity index (χ2n) is 4.53. The summed E-state index contributed by atoms with van der Waals surface area (Å²) in [4.78, 5) is 0. The van der Waals surface area contributed by atoms with Crippen molar-refractivity contribution in [3.8, 4) is 11.5 Å². The molecule has 1 aromatic rings. The van der Waals surface area contributed by atoms with Crippen LogP contribution in [0.1, 0.15) is 25.3 Å². The molecule has 1 aromatic carbocycles. The highest BCUT2D eigenvalue weighted by molar-refractivity contribution is 5.46. The standard InChI is InChI=1S/C14H19F2NO2/c1-2-18-12-5-3-4-10(8-17-11-6-7-11)14(12)19-9-13(15)16/h3-5,11,13,17H,2,6-9H2,1H3. The Labute approximate surface area is 111 Å². The van der Waals surface area contributed by atoms with E-state index in [4.69, 9.17) is 9.47 Å². The van der Waals surface area contributed by atoms with Crippen LogP contribution in [0, 0.1) is 0 Å². The van der Waals surface area contributed by atoms with Crippen LogP contribution in [-0.4, -0.2) is 25.7 Å². The summed E-state index contributed by atoms with van der Waals surface area (Å²) in [5, 5.41) is 3.35. The normalized spacial score (nSPS) is 14.7. The molecule has 2 rings (SSSR count). The number of halogens is 2. The van der Waals surface area contributed by atoms with E-state index in [1.54, 1.807) is 6.07 Å². The van der Waals surface area contributed by atoms with Crippen molar-refractivity contribution in [2.24, 2.45) is 0 Å². The Balaban J connectivity index is 2.10. The molecule has 1 N–H and O–H groups in total. The van der Waals surface area contributed by atoms with Crippen molar-refractivity contribution >= 4 is 0 Å². The van der Waals surface area contributed by atoms with Crippen LogP contribution >= 0.6 is 0 Å². The van der Waals surface area contributed by atoms with Gasteiger partial charge in [0.1, 0.15) is 6.61 Å². The number of para-hydroxylation sites is 1. The van der Waals surface area contributed by atoms with Crippen LogP contribution in [0.3, 0.4) is 0 Å². The molecular weight excluding hydrogens is 252 g/mol. The van der Waals surface area contributed by atoms with Gasteiger partial charge in [0.2, 0.25) is 0 Å². The molecule has 1 aliphatic rings. The van der Waals surface area contributed by atoms with E-state index in [0.29, 0.717) is 30.7 Å². The highest BCUT2D eigenvalue weighted by atomic mass is 19.3. The van der Waals surface area contributed by atoms with Gasteiger partial charge in [-0.15, -0.1) is 0 Å². The Kier molecular flexibility index (Phi) is 4.96. The first-order valence-electron chi connectivity index (χ1n) is 6.59. The van der Waals surface area contributed by atoms with E-state index < -0.39 is 13.0 Å². The maximum absolute atomic E-state index is 12.3. The summed E-state index contributed by atoms with van der Waals surface area (Å²) in [5.41, 5.74) is 0.860. The van der Waals surface area contributed by atoms with E-state index in [1.165, 1.54) is 12.8 Å². The van der Waals surface area contributed by atoms with Crippen LogP contribution in [-0.2, 0) is 6.54 Å². The molecule has 0 unspecified atom stereocenters. The van der Waals surface area contributed by atoms with Crippen molar-refractivity contribution in [3.63, 3.8) is 0 Å². The molecule has 5 heteroatoms. The molecule has 0 aromatic heterocycles. The highest BCUT2D eigenvalue weighted by Gasteiger charge is 2.21. The minimum atomic E-state index is -2.49. The zero-order valence-corrected chi connectivity index (χ0v) is 11.0.